The normalized spacial score (nSPS) is 13.2. The summed E-state index contributed by atoms with van der Waals surface area (Å²) in [5, 5.41) is 0. The zero-order valence-electron chi connectivity index (χ0n) is 7.75. The van der Waals surface area contributed by atoms with E-state index in [1.54, 1.807) is 0 Å². The van der Waals surface area contributed by atoms with Gasteiger partial charge in [-0.1, -0.05) is 0 Å². The van der Waals surface area contributed by atoms with E-state index >= 15 is 0 Å². The van der Waals surface area contributed by atoms with Crippen LogP contribution in [0.1, 0.15) is 5.56 Å². The van der Waals surface area contributed by atoms with Gasteiger partial charge in [-0.25, -0.2) is 9.00 Å². The zero-order chi connectivity index (χ0) is 12.3. The van der Waals surface area contributed by atoms with Gasteiger partial charge in [-0.15, -0.1) is 0 Å². The number of rotatable bonds is 2. The molecular formula is C8H7F3N2O2S. The molecule has 0 spiro atoms. The first-order valence-electron chi connectivity index (χ1n) is 3.96. The lowest BCUT2D eigenvalue weighted by Crippen LogP contribution is -2.30. The van der Waals surface area contributed by atoms with Crippen LogP contribution < -0.4 is 10.5 Å². The van der Waals surface area contributed by atoms with Crippen LogP contribution in [0.5, 0.6) is 0 Å². The summed E-state index contributed by atoms with van der Waals surface area (Å²) in [6.07, 6.45) is -4.45. The molecule has 1 aromatic carbocycles. The number of amides is 2. The molecule has 1 atom stereocenters. The summed E-state index contributed by atoms with van der Waals surface area (Å²) in [4.78, 5) is 10.4. The fourth-order valence-corrected chi connectivity index (χ4v) is 1.60. The topological polar surface area (TPSA) is 72.2 Å². The lowest BCUT2D eigenvalue weighted by molar-refractivity contribution is -0.137. The molecular weight excluding hydrogens is 245 g/mol. The van der Waals surface area contributed by atoms with Crippen molar-refractivity contribution in [3.8, 4) is 0 Å². The van der Waals surface area contributed by atoms with Gasteiger partial charge in [0.25, 0.3) is 0 Å². The van der Waals surface area contributed by atoms with Crippen molar-refractivity contribution >= 4 is 17.0 Å². The lowest BCUT2D eigenvalue weighted by Gasteiger charge is -2.07. The highest BCUT2D eigenvalue weighted by Gasteiger charge is 2.30. The number of alkyl halides is 3. The number of nitrogens with two attached hydrogens (primary N) is 1. The Labute approximate surface area is 91.2 Å². The quantitative estimate of drug-likeness (QED) is 0.835. The standard InChI is InChI=1S/C8H7F3N2O2S/c9-8(10,11)5-1-3-6(4-2-5)16(15)13-7(12)14/h1-4H,(H3,12,13,14). The lowest BCUT2D eigenvalue weighted by atomic mass is 10.2. The highest BCUT2D eigenvalue weighted by molar-refractivity contribution is 7.83. The molecule has 1 unspecified atom stereocenters. The summed E-state index contributed by atoms with van der Waals surface area (Å²) >= 11 is 0. The van der Waals surface area contributed by atoms with Crippen molar-refractivity contribution in [2.24, 2.45) is 5.73 Å². The smallest absolute Gasteiger partial charge is 0.351 e. The predicted octanol–water partition coefficient (Wildman–Crippen LogP) is 1.40. The van der Waals surface area contributed by atoms with Crippen molar-refractivity contribution in [3.05, 3.63) is 29.8 Å². The second-order valence-corrected chi connectivity index (χ2v) is 3.97. The molecule has 0 heterocycles. The van der Waals surface area contributed by atoms with Gasteiger partial charge in [-0.05, 0) is 24.3 Å². The van der Waals surface area contributed by atoms with Gasteiger partial charge < -0.3 is 5.73 Å². The largest absolute Gasteiger partial charge is 0.416 e. The summed E-state index contributed by atoms with van der Waals surface area (Å²) < 4.78 is 49.6. The Morgan fingerprint density at radius 2 is 1.75 bits per heavy atom. The van der Waals surface area contributed by atoms with Crippen LogP contribution in [0.15, 0.2) is 29.2 Å². The maximum Gasteiger partial charge on any atom is 0.416 e. The minimum atomic E-state index is -4.45. The van der Waals surface area contributed by atoms with Gasteiger partial charge in [0.2, 0.25) is 0 Å². The third-order valence-electron chi connectivity index (χ3n) is 1.59. The van der Waals surface area contributed by atoms with Crippen LogP contribution in [0.25, 0.3) is 0 Å². The Balaban J connectivity index is 2.87. The van der Waals surface area contributed by atoms with E-state index < -0.39 is 28.8 Å². The monoisotopic (exact) mass is 252 g/mol. The van der Waals surface area contributed by atoms with Crippen molar-refractivity contribution in [1.29, 1.82) is 0 Å². The minimum Gasteiger partial charge on any atom is -0.351 e. The molecule has 2 amide bonds. The van der Waals surface area contributed by atoms with Crippen LogP contribution in [-0.2, 0) is 17.2 Å². The third-order valence-corrected chi connectivity index (χ3v) is 2.68. The number of hydrogen-bond acceptors (Lipinski definition) is 2. The number of urea groups is 1. The number of benzene rings is 1. The first-order valence-corrected chi connectivity index (χ1v) is 5.11. The number of nitrogens with one attached hydrogen (secondary N) is 1. The number of carbonyl (C=O) groups is 1. The Hall–Kier alpha value is -1.57. The van der Waals surface area contributed by atoms with Gasteiger partial charge in [0, 0.05) is 0 Å². The van der Waals surface area contributed by atoms with Gasteiger partial charge in [0.05, 0.1) is 10.5 Å². The Bertz CT molecular complexity index is 416. The second-order valence-electron chi connectivity index (χ2n) is 2.76. The number of halogens is 3. The molecule has 0 aliphatic heterocycles. The average Bonchev–Trinajstić information content (AvgIpc) is 2.15. The van der Waals surface area contributed by atoms with Gasteiger partial charge in [0.15, 0.2) is 11.0 Å². The highest BCUT2D eigenvalue weighted by Crippen LogP contribution is 2.29. The Kier molecular flexibility index (Phi) is 3.53. The molecule has 16 heavy (non-hydrogen) atoms. The number of hydrogen-bond donors (Lipinski definition) is 2. The molecule has 0 aliphatic rings. The van der Waals surface area contributed by atoms with Crippen molar-refractivity contribution in [2.45, 2.75) is 11.1 Å². The van der Waals surface area contributed by atoms with E-state index in [4.69, 9.17) is 5.73 Å². The number of carbonyl (C=O) groups excluding carboxylic acids is 1. The molecule has 8 heteroatoms. The molecule has 0 radical (unpaired) electrons. The van der Waals surface area contributed by atoms with Crippen molar-refractivity contribution in [1.82, 2.24) is 4.72 Å². The summed E-state index contributed by atoms with van der Waals surface area (Å²) in [6, 6.07) is 2.55. The minimum absolute atomic E-state index is 0.0341. The van der Waals surface area contributed by atoms with Gasteiger partial charge >= 0.3 is 12.2 Å². The molecule has 0 bridgehead atoms. The second kappa shape index (κ2) is 4.52. The SMILES string of the molecule is NC(=O)NS(=O)c1ccc(C(F)(F)F)cc1. The molecule has 0 saturated carbocycles. The first-order chi connectivity index (χ1) is 7.30. The Morgan fingerprint density at radius 3 is 2.12 bits per heavy atom. The Morgan fingerprint density at radius 1 is 1.25 bits per heavy atom. The van der Waals surface area contributed by atoms with Crippen LogP contribution >= 0.6 is 0 Å². The van der Waals surface area contributed by atoms with E-state index in [0.29, 0.717) is 0 Å². The molecule has 1 aromatic rings. The molecule has 1 rings (SSSR count). The van der Waals surface area contributed by atoms with E-state index in [1.165, 1.54) is 0 Å². The molecule has 0 saturated heterocycles. The van der Waals surface area contributed by atoms with E-state index in [2.05, 4.69) is 0 Å². The van der Waals surface area contributed by atoms with Gasteiger partial charge in [0.1, 0.15) is 0 Å². The maximum atomic E-state index is 12.2. The highest BCUT2D eigenvalue weighted by atomic mass is 32.2. The molecule has 0 fully saturated rings. The fourth-order valence-electron chi connectivity index (χ4n) is 0.918. The summed E-state index contributed by atoms with van der Waals surface area (Å²) in [5.74, 6) is 0. The van der Waals surface area contributed by atoms with Crippen LogP contribution in [0.2, 0.25) is 0 Å². The van der Waals surface area contributed by atoms with Crippen LogP contribution in [0, 0.1) is 0 Å². The average molecular weight is 252 g/mol. The summed E-state index contributed by atoms with van der Waals surface area (Å²) in [5.41, 5.74) is 3.85. The van der Waals surface area contributed by atoms with Gasteiger partial charge in [-0.3, -0.25) is 4.72 Å². The van der Waals surface area contributed by atoms with Crippen molar-refractivity contribution < 1.29 is 22.2 Å². The third kappa shape index (κ3) is 3.23. The fraction of sp³-hybridized carbons (Fsp3) is 0.125. The van der Waals surface area contributed by atoms with Crippen LogP contribution in [-0.4, -0.2) is 10.2 Å². The maximum absolute atomic E-state index is 12.2. The zero-order valence-corrected chi connectivity index (χ0v) is 8.56. The van der Waals surface area contributed by atoms with E-state index in [-0.39, 0.29) is 4.90 Å². The van der Waals surface area contributed by atoms with E-state index in [9.17, 15) is 22.2 Å². The summed E-state index contributed by atoms with van der Waals surface area (Å²) in [6.45, 7) is 0. The summed E-state index contributed by atoms with van der Waals surface area (Å²) in [7, 11) is -1.94. The van der Waals surface area contributed by atoms with E-state index in [0.717, 1.165) is 24.3 Å². The first kappa shape index (κ1) is 12.5. The molecule has 0 aliphatic carbocycles. The molecule has 4 nitrogen and oxygen atoms in total. The van der Waals surface area contributed by atoms with E-state index in [1.807, 2.05) is 4.72 Å². The molecule has 0 aromatic heterocycles. The van der Waals surface area contributed by atoms with Crippen molar-refractivity contribution in [2.75, 3.05) is 0 Å². The number of primary amides is 1. The van der Waals surface area contributed by atoms with Crippen LogP contribution in [0.3, 0.4) is 0 Å². The van der Waals surface area contributed by atoms with Crippen molar-refractivity contribution in [3.63, 3.8) is 0 Å². The van der Waals surface area contributed by atoms with Crippen LogP contribution in [0.4, 0.5) is 18.0 Å². The van der Waals surface area contributed by atoms with Gasteiger partial charge in [-0.2, -0.15) is 13.2 Å². The molecule has 88 valence electrons. The molecule has 3 N–H and O–H groups in total. The predicted molar refractivity (Wildman–Crippen MR) is 50.6 cm³/mol.